The Balaban J connectivity index is 3.16. The van der Waals surface area contributed by atoms with Crippen molar-refractivity contribution in [2.24, 2.45) is 5.84 Å². The summed E-state index contributed by atoms with van der Waals surface area (Å²) in [4.78, 5) is 10.7. The van der Waals surface area contributed by atoms with Crippen molar-refractivity contribution >= 4 is 0 Å². The Morgan fingerprint density at radius 1 is 1.56 bits per heavy atom. The topological polar surface area (TPSA) is 60.0 Å². The van der Waals surface area contributed by atoms with Crippen LogP contribution in [0.4, 0.5) is 0 Å². The molecule has 0 aromatic carbocycles. The van der Waals surface area contributed by atoms with Crippen molar-refractivity contribution in [3.63, 3.8) is 0 Å². The molecule has 0 fully saturated rings. The van der Waals surface area contributed by atoms with Crippen molar-refractivity contribution in [1.82, 2.24) is 4.68 Å². The van der Waals surface area contributed by atoms with Crippen LogP contribution in [-0.4, -0.2) is 4.68 Å². The van der Waals surface area contributed by atoms with Crippen molar-refractivity contribution in [3.05, 3.63) is 34.7 Å². The van der Waals surface area contributed by atoms with E-state index in [1.807, 2.05) is 0 Å². The number of rotatable bonds is 1. The Labute approximate surface area is 51.9 Å². The second kappa shape index (κ2) is 2.32. The largest absolute Gasteiger partial charge is 0.269 e. The zero-order valence-corrected chi connectivity index (χ0v) is 4.74. The Kier molecular flexibility index (Phi) is 1.51. The van der Waals surface area contributed by atoms with Crippen LogP contribution in [0.2, 0.25) is 0 Å². The number of nitrogens with one attached hydrogen (secondary N) is 1. The lowest BCUT2D eigenvalue weighted by atomic mass is 10.5. The molecule has 0 aliphatic heterocycles. The number of hydrogen-bond acceptors (Lipinski definition) is 3. The fraction of sp³-hybridized carbons (Fsp3) is 0. The van der Waals surface area contributed by atoms with Gasteiger partial charge in [0, 0.05) is 12.3 Å². The third-order valence-corrected chi connectivity index (χ3v) is 0.962. The SMILES string of the molecule is NNn1ccccc1=O. The molecule has 0 aliphatic rings. The van der Waals surface area contributed by atoms with E-state index in [4.69, 9.17) is 5.84 Å². The highest BCUT2D eigenvalue weighted by atomic mass is 16.1. The van der Waals surface area contributed by atoms with Gasteiger partial charge < -0.3 is 0 Å². The van der Waals surface area contributed by atoms with Crippen molar-refractivity contribution in [1.29, 1.82) is 0 Å². The van der Waals surface area contributed by atoms with Gasteiger partial charge in [0.1, 0.15) is 0 Å². The smallest absolute Gasteiger partial charge is 0.267 e. The highest BCUT2D eigenvalue weighted by molar-refractivity contribution is 4.93. The van der Waals surface area contributed by atoms with Gasteiger partial charge in [0.05, 0.1) is 0 Å². The van der Waals surface area contributed by atoms with E-state index in [1.54, 1.807) is 18.3 Å². The van der Waals surface area contributed by atoms with Crippen LogP contribution >= 0.6 is 0 Å². The summed E-state index contributed by atoms with van der Waals surface area (Å²) in [5.41, 5.74) is 2.03. The Morgan fingerprint density at radius 2 is 2.33 bits per heavy atom. The molecule has 0 saturated carbocycles. The Hall–Kier alpha value is -1.29. The molecule has 0 saturated heterocycles. The van der Waals surface area contributed by atoms with Crippen LogP contribution < -0.4 is 16.9 Å². The molecule has 1 aromatic heterocycles. The first-order chi connectivity index (χ1) is 4.34. The number of nitrogens with zero attached hydrogens (tertiary/aromatic N) is 1. The summed E-state index contributed by atoms with van der Waals surface area (Å²) in [5.74, 6) is 4.96. The molecule has 0 atom stereocenters. The average molecular weight is 125 g/mol. The third-order valence-electron chi connectivity index (χ3n) is 0.962. The van der Waals surface area contributed by atoms with E-state index < -0.39 is 0 Å². The molecule has 1 aromatic rings. The van der Waals surface area contributed by atoms with E-state index >= 15 is 0 Å². The van der Waals surface area contributed by atoms with Crippen LogP contribution in [0.25, 0.3) is 0 Å². The van der Waals surface area contributed by atoms with Gasteiger partial charge in [-0.3, -0.25) is 10.3 Å². The van der Waals surface area contributed by atoms with Gasteiger partial charge >= 0.3 is 0 Å². The molecule has 3 N–H and O–H groups in total. The van der Waals surface area contributed by atoms with Gasteiger partial charge in [0.25, 0.3) is 5.56 Å². The Bertz CT molecular complexity index is 242. The summed E-state index contributed by atoms with van der Waals surface area (Å²) in [6.07, 6.45) is 1.54. The first-order valence-corrected chi connectivity index (χ1v) is 2.49. The van der Waals surface area contributed by atoms with E-state index in [2.05, 4.69) is 5.53 Å². The van der Waals surface area contributed by atoms with Crippen molar-refractivity contribution < 1.29 is 0 Å². The number of pyridine rings is 1. The maximum absolute atomic E-state index is 10.7. The van der Waals surface area contributed by atoms with E-state index in [-0.39, 0.29) is 5.56 Å². The number of hydrogen-bond donors (Lipinski definition) is 2. The number of aromatic nitrogens is 1. The first-order valence-electron chi connectivity index (χ1n) is 2.49. The van der Waals surface area contributed by atoms with Crippen molar-refractivity contribution in [2.45, 2.75) is 0 Å². The zero-order valence-electron chi connectivity index (χ0n) is 4.74. The van der Waals surface area contributed by atoms with Crippen LogP contribution in [-0.2, 0) is 0 Å². The van der Waals surface area contributed by atoms with Crippen LogP contribution in [0.5, 0.6) is 0 Å². The molecular weight excluding hydrogens is 118 g/mol. The van der Waals surface area contributed by atoms with E-state index in [9.17, 15) is 4.79 Å². The van der Waals surface area contributed by atoms with Crippen LogP contribution in [0.15, 0.2) is 29.2 Å². The van der Waals surface area contributed by atoms with Gasteiger partial charge in [-0.2, -0.15) is 0 Å². The molecule has 0 spiro atoms. The summed E-state index contributed by atoms with van der Waals surface area (Å²) in [5, 5.41) is 0. The van der Waals surface area contributed by atoms with Crippen LogP contribution in [0, 0.1) is 0 Å². The summed E-state index contributed by atoms with van der Waals surface area (Å²) in [6, 6.07) is 4.78. The molecule has 9 heavy (non-hydrogen) atoms. The summed E-state index contributed by atoms with van der Waals surface area (Å²) < 4.78 is 1.18. The van der Waals surface area contributed by atoms with Gasteiger partial charge in [0.2, 0.25) is 0 Å². The minimum absolute atomic E-state index is 0.167. The minimum atomic E-state index is -0.167. The molecule has 1 rings (SSSR count). The zero-order chi connectivity index (χ0) is 6.69. The van der Waals surface area contributed by atoms with Gasteiger partial charge in [-0.25, -0.2) is 10.5 Å². The third kappa shape index (κ3) is 1.09. The lowest BCUT2D eigenvalue weighted by Crippen LogP contribution is -2.31. The molecule has 4 nitrogen and oxygen atoms in total. The average Bonchev–Trinajstić information content (AvgIpc) is 1.89. The lowest BCUT2D eigenvalue weighted by molar-refractivity contribution is 0.834. The fourth-order valence-electron chi connectivity index (χ4n) is 0.534. The molecule has 0 amide bonds. The number of nitrogen functional groups attached to an aromatic ring is 1. The minimum Gasteiger partial charge on any atom is -0.267 e. The molecular formula is C5H7N3O. The number of hydrazine groups is 1. The van der Waals surface area contributed by atoms with Gasteiger partial charge in [-0.1, -0.05) is 6.07 Å². The molecule has 48 valence electrons. The molecule has 1 heterocycles. The summed E-state index contributed by atoms with van der Waals surface area (Å²) >= 11 is 0. The standard InChI is InChI=1S/C5H7N3O/c6-7-8-4-2-1-3-5(8)9/h1-4,7H,6H2. The number of nitrogens with two attached hydrogens (primary N) is 1. The summed E-state index contributed by atoms with van der Waals surface area (Å²) in [7, 11) is 0. The predicted octanol–water partition coefficient (Wildman–Crippen LogP) is -0.735. The van der Waals surface area contributed by atoms with Crippen molar-refractivity contribution in [2.75, 3.05) is 5.53 Å². The molecule has 0 aliphatic carbocycles. The lowest BCUT2D eigenvalue weighted by Gasteiger charge is -1.99. The van der Waals surface area contributed by atoms with Crippen LogP contribution in [0.3, 0.4) is 0 Å². The molecule has 4 heteroatoms. The van der Waals surface area contributed by atoms with Crippen LogP contribution in [0.1, 0.15) is 0 Å². The molecule has 0 radical (unpaired) electrons. The first kappa shape index (κ1) is 5.84. The normalized spacial score (nSPS) is 9.00. The molecule has 0 bridgehead atoms. The fourth-order valence-corrected chi connectivity index (χ4v) is 0.534. The predicted molar refractivity (Wildman–Crippen MR) is 34.3 cm³/mol. The van der Waals surface area contributed by atoms with Gasteiger partial charge in [-0.15, -0.1) is 0 Å². The van der Waals surface area contributed by atoms with E-state index in [0.717, 1.165) is 0 Å². The van der Waals surface area contributed by atoms with Gasteiger partial charge in [-0.05, 0) is 6.07 Å². The summed E-state index contributed by atoms with van der Waals surface area (Å²) in [6.45, 7) is 0. The van der Waals surface area contributed by atoms with E-state index in [0.29, 0.717) is 0 Å². The van der Waals surface area contributed by atoms with E-state index in [1.165, 1.54) is 10.7 Å². The monoisotopic (exact) mass is 125 g/mol. The maximum atomic E-state index is 10.7. The highest BCUT2D eigenvalue weighted by Gasteiger charge is 1.84. The molecule has 0 unspecified atom stereocenters. The second-order valence-electron chi connectivity index (χ2n) is 1.54. The van der Waals surface area contributed by atoms with Gasteiger partial charge in [0.15, 0.2) is 0 Å². The quantitative estimate of drug-likeness (QED) is 0.384. The Morgan fingerprint density at radius 3 is 2.78 bits per heavy atom. The van der Waals surface area contributed by atoms with Crippen molar-refractivity contribution in [3.8, 4) is 0 Å². The maximum Gasteiger partial charge on any atom is 0.269 e. The highest BCUT2D eigenvalue weighted by Crippen LogP contribution is 1.73. The second-order valence-corrected chi connectivity index (χ2v) is 1.54.